The van der Waals surface area contributed by atoms with Gasteiger partial charge in [-0.1, -0.05) is 222 Å². The van der Waals surface area contributed by atoms with Gasteiger partial charge in [-0.25, -0.2) is 4.57 Å². The first-order chi connectivity index (χ1) is 35.2. The molecule has 0 fully saturated rings. The standard InChI is InChI=1S/C60H105O11P/c1-4-7-10-13-16-19-22-25-27-28-30-32-34-37-40-43-46-49-58(62)67-53-57(71-60(64)51-48-45-42-39-36-33-29-26-23-20-17-14-11-8-5-2)55-69-72(65,66)68-54-56(52-61)70-59(63)50-47-44-41-38-35-31-24-21-18-15-12-9-6-3/h7,10,16,19,25-27,29-30,32,37,40,56-57,61H,4-6,8-9,11-15,17-18,20-24,28,31,33-36,38-39,41-55H2,1-3H3,(H,65,66)/b10-7-,19-16-,27-25-,29-26-,32-30-,40-37-. The molecule has 0 aromatic rings. The van der Waals surface area contributed by atoms with Gasteiger partial charge in [0.2, 0.25) is 0 Å². The van der Waals surface area contributed by atoms with Crippen molar-refractivity contribution in [1.29, 1.82) is 0 Å². The van der Waals surface area contributed by atoms with Crippen LogP contribution in [-0.4, -0.2) is 66.5 Å². The van der Waals surface area contributed by atoms with Crippen LogP contribution in [0.4, 0.5) is 0 Å². The van der Waals surface area contributed by atoms with Gasteiger partial charge in [-0.2, -0.15) is 0 Å². The van der Waals surface area contributed by atoms with Crippen LogP contribution in [0, 0.1) is 0 Å². The second-order valence-electron chi connectivity index (χ2n) is 19.1. The number of carbonyl (C=O) groups excluding carboxylic acids is 3. The van der Waals surface area contributed by atoms with Gasteiger partial charge in [-0.15, -0.1) is 0 Å². The van der Waals surface area contributed by atoms with Crippen LogP contribution < -0.4 is 0 Å². The molecule has 12 heteroatoms. The molecule has 0 rings (SSSR count). The minimum atomic E-state index is -4.76. The first kappa shape index (κ1) is 68.9. The van der Waals surface area contributed by atoms with E-state index < -0.39 is 57.8 Å². The van der Waals surface area contributed by atoms with E-state index in [1.165, 1.54) is 96.3 Å². The molecule has 0 saturated carbocycles. The third-order valence-electron chi connectivity index (χ3n) is 12.1. The predicted octanol–water partition coefficient (Wildman–Crippen LogP) is 16.9. The zero-order valence-corrected chi connectivity index (χ0v) is 46.8. The lowest BCUT2D eigenvalue weighted by atomic mass is 10.0. The van der Waals surface area contributed by atoms with Crippen molar-refractivity contribution in [1.82, 2.24) is 0 Å². The van der Waals surface area contributed by atoms with Crippen molar-refractivity contribution in [2.45, 2.75) is 264 Å². The summed E-state index contributed by atoms with van der Waals surface area (Å²) in [5, 5.41) is 9.80. The molecular formula is C60H105O11P. The van der Waals surface area contributed by atoms with Crippen molar-refractivity contribution in [3.63, 3.8) is 0 Å². The second-order valence-corrected chi connectivity index (χ2v) is 20.5. The zero-order valence-electron chi connectivity index (χ0n) is 45.9. The van der Waals surface area contributed by atoms with E-state index in [9.17, 15) is 28.9 Å². The molecule has 72 heavy (non-hydrogen) atoms. The molecule has 0 bridgehead atoms. The van der Waals surface area contributed by atoms with E-state index in [0.29, 0.717) is 25.7 Å². The third kappa shape index (κ3) is 51.8. The topological polar surface area (TPSA) is 155 Å². The fourth-order valence-corrected chi connectivity index (χ4v) is 8.52. The molecule has 2 N–H and O–H groups in total. The molecule has 0 radical (unpaired) electrons. The Labute approximate surface area is 439 Å². The fourth-order valence-electron chi connectivity index (χ4n) is 7.74. The van der Waals surface area contributed by atoms with Crippen molar-refractivity contribution in [3.8, 4) is 0 Å². The lowest BCUT2D eigenvalue weighted by molar-refractivity contribution is -0.161. The van der Waals surface area contributed by atoms with Crippen LogP contribution in [0.15, 0.2) is 72.9 Å². The van der Waals surface area contributed by atoms with Crippen LogP contribution in [-0.2, 0) is 42.2 Å². The molecule has 0 spiro atoms. The van der Waals surface area contributed by atoms with Gasteiger partial charge in [-0.05, 0) is 83.5 Å². The van der Waals surface area contributed by atoms with Crippen LogP contribution in [0.25, 0.3) is 0 Å². The second kappa shape index (κ2) is 54.2. The molecule has 3 unspecified atom stereocenters. The van der Waals surface area contributed by atoms with Crippen LogP contribution in [0.1, 0.15) is 252 Å². The van der Waals surface area contributed by atoms with E-state index in [1.807, 2.05) is 6.08 Å². The lowest BCUT2D eigenvalue weighted by Crippen LogP contribution is -2.30. The number of rotatable bonds is 53. The Balaban J connectivity index is 4.81. The van der Waals surface area contributed by atoms with Crippen LogP contribution in [0.5, 0.6) is 0 Å². The Bertz CT molecular complexity index is 1490. The van der Waals surface area contributed by atoms with Gasteiger partial charge in [0, 0.05) is 19.3 Å². The maximum Gasteiger partial charge on any atom is 0.472 e. The molecule has 11 nitrogen and oxygen atoms in total. The van der Waals surface area contributed by atoms with E-state index in [-0.39, 0.29) is 25.9 Å². The van der Waals surface area contributed by atoms with Crippen molar-refractivity contribution in [2.24, 2.45) is 0 Å². The summed E-state index contributed by atoms with van der Waals surface area (Å²) in [4.78, 5) is 48.5. The Morgan fingerprint density at radius 2 is 0.736 bits per heavy atom. The highest BCUT2D eigenvalue weighted by molar-refractivity contribution is 7.47. The van der Waals surface area contributed by atoms with E-state index in [1.54, 1.807) is 0 Å². The smallest absolute Gasteiger partial charge is 0.462 e. The third-order valence-corrected chi connectivity index (χ3v) is 13.1. The number of esters is 3. The van der Waals surface area contributed by atoms with E-state index >= 15 is 0 Å². The molecule has 3 atom stereocenters. The number of aliphatic hydroxyl groups is 1. The van der Waals surface area contributed by atoms with Crippen LogP contribution in [0.2, 0.25) is 0 Å². The number of ether oxygens (including phenoxy) is 3. The van der Waals surface area contributed by atoms with Gasteiger partial charge in [0.1, 0.15) is 12.7 Å². The van der Waals surface area contributed by atoms with E-state index in [0.717, 1.165) is 89.9 Å². The maximum absolute atomic E-state index is 12.9. The number of phosphoric ester groups is 1. The Hall–Kier alpha value is -3.08. The highest BCUT2D eigenvalue weighted by atomic mass is 31.2. The molecule has 0 amide bonds. The summed E-state index contributed by atoms with van der Waals surface area (Å²) < 4.78 is 39.4. The number of phosphoric acid groups is 1. The number of hydrogen-bond donors (Lipinski definition) is 2. The largest absolute Gasteiger partial charge is 0.472 e. The molecule has 0 heterocycles. The van der Waals surface area contributed by atoms with Crippen LogP contribution in [0.3, 0.4) is 0 Å². The quantitative estimate of drug-likeness (QED) is 0.0197. The average Bonchev–Trinajstić information content (AvgIpc) is 3.37. The summed E-state index contributed by atoms with van der Waals surface area (Å²) in [6, 6.07) is 0. The normalized spacial score (nSPS) is 13.9. The summed E-state index contributed by atoms with van der Waals surface area (Å²) in [7, 11) is -4.76. The number of unbranched alkanes of at least 4 members (excludes halogenated alkanes) is 24. The van der Waals surface area contributed by atoms with Crippen molar-refractivity contribution < 1.29 is 52.2 Å². The first-order valence-corrected chi connectivity index (χ1v) is 30.3. The Morgan fingerprint density at radius 3 is 1.17 bits per heavy atom. The fraction of sp³-hybridized carbons (Fsp3) is 0.750. The lowest BCUT2D eigenvalue weighted by Gasteiger charge is -2.21. The average molecular weight is 1030 g/mol. The summed E-state index contributed by atoms with van der Waals surface area (Å²) >= 11 is 0. The summed E-state index contributed by atoms with van der Waals surface area (Å²) in [6.07, 6.45) is 60.1. The summed E-state index contributed by atoms with van der Waals surface area (Å²) in [5.74, 6) is -1.54. The maximum atomic E-state index is 12.9. The Kier molecular flexibility index (Phi) is 51.9. The molecule has 0 aromatic carbocycles. The molecular weight excluding hydrogens is 928 g/mol. The number of hydrogen-bond acceptors (Lipinski definition) is 10. The molecule has 0 aliphatic carbocycles. The highest BCUT2D eigenvalue weighted by Gasteiger charge is 2.28. The molecule has 0 aliphatic rings. The predicted molar refractivity (Wildman–Crippen MR) is 298 cm³/mol. The van der Waals surface area contributed by atoms with Gasteiger partial charge in [0.05, 0.1) is 19.8 Å². The van der Waals surface area contributed by atoms with Gasteiger partial charge in [0.25, 0.3) is 0 Å². The monoisotopic (exact) mass is 1030 g/mol. The molecule has 0 saturated heterocycles. The summed E-state index contributed by atoms with van der Waals surface area (Å²) in [6.45, 7) is 4.47. The van der Waals surface area contributed by atoms with Gasteiger partial charge in [-0.3, -0.25) is 23.4 Å². The van der Waals surface area contributed by atoms with Crippen molar-refractivity contribution in [3.05, 3.63) is 72.9 Å². The minimum Gasteiger partial charge on any atom is -0.462 e. The van der Waals surface area contributed by atoms with E-state index in [2.05, 4.69) is 87.6 Å². The van der Waals surface area contributed by atoms with Gasteiger partial charge >= 0.3 is 25.7 Å². The van der Waals surface area contributed by atoms with E-state index in [4.69, 9.17) is 23.3 Å². The number of aliphatic hydroxyl groups excluding tert-OH is 1. The molecule has 0 aliphatic heterocycles. The Morgan fingerprint density at radius 1 is 0.403 bits per heavy atom. The number of carbonyl (C=O) groups is 3. The molecule has 0 aromatic heterocycles. The van der Waals surface area contributed by atoms with Crippen molar-refractivity contribution >= 4 is 25.7 Å². The molecule has 416 valence electrons. The van der Waals surface area contributed by atoms with Crippen molar-refractivity contribution in [2.75, 3.05) is 26.4 Å². The zero-order chi connectivity index (χ0) is 52.7. The minimum absolute atomic E-state index is 0.145. The van der Waals surface area contributed by atoms with Gasteiger partial charge in [0.15, 0.2) is 6.10 Å². The SMILES string of the molecule is CC/C=C\C/C=C\C/C=C\C/C=C\C/C=C\CCCC(=O)OCC(COP(=O)(O)OCC(CO)OC(=O)CCCCCCCCCCCCCCC)OC(=O)CCCCCCC/C=C\CCCCCCCC. The van der Waals surface area contributed by atoms with Crippen LogP contribution >= 0.6 is 7.82 Å². The highest BCUT2D eigenvalue weighted by Crippen LogP contribution is 2.43. The number of allylic oxidation sites excluding steroid dienone is 12. The summed E-state index contributed by atoms with van der Waals surface area (Å²) in [5.41, 5.74) is 0. The first-order valence-electron chi connectivity index (χ1n) is 28.8. The van der Waals surface area contributed by atoms with Gasteiger partial charge < -0.3 is 24.2 Å².